The van der Waals surface area contributed by atoms with Gasteiger partial charge in [-0.05, 0) is 76.5 Å². The first-order chi connectivity index (χ1) is 23.8. The third-order valence-electron chi connectivity index (χ3n) is 7.53. The van der Waals surface area contributed by atoms with E-state index in [9.17, 15) is 14.4 Å². The lowest BCUT2D eigenvalue weighted by molar-refractivity contribution is -0.116. The normalized spacial score (nSPS) is 11.8. The highest BCUT2D eigenvalue weighted by Crippen LogP contribution is 2.38. The summed E-state index contributed by atoms with van der Waals surface area (Å²) in [6.45, 7) is 0. The Morgan fingerprint density at radius 1 is 0.673 bits per heavy atom. The van der Waals surface area contributed by atoms with Gasteiger partial charge in [-0.2, -0.15) is 0 Å². The lowest BCUT2D eigenvalue weighted by Gasteiger charge is -2.18. The topological polar surface area (TPSA) is 87.3 Å². The largest absolute Gasteiger partial charge is 0.323 e. The average molecular weight is 703 g/mol. The van der Waals surface area contributed by atoms with Gasteiger partial charge >= 0.3 is 0 Å². The fourth-order valence-corrected chi connectivity index (χ4v) is 6.69. The number of fused-ring (bicyclic) bond motifs is 1. The molecule has 6 aromatic rings. The van der Waals surface area contributed by atoms with Crippen molar-refractivity contribution in [1.82, 2.24) is 5.32 Å². The summed E-state index contributed by atoms with van der Waals surface area (Å²) in [4.78, 5) is 41.5. The van der Waals surface area contributed by atoms with E-state index >= 15 is 0 Å². The molecule has 3 N–H and O–H groups in total. The molecular formula is C40H29Cl2N3O3S. The maximum Gasteiger partial charge on any atom is 0.272 e. The molecule has 0 spiro atoms. The number of halogens is 2. The summed E-state index contributed by atoms with van der Waals surface area (Å²) in [5.41, 5.74) is 2.99. The van der Waals surface area contributed by atoms with Gasteiger partial charge in [0.2, 0.25) is 5.91 Å². The fraction of sp³-hybridized carbons (Fsp3) is 0.0250. The molecular weight excluding hydrogens is 673 g/mol. The van der Waals surface area contributed by atoms with Gasteiger partial charge in [0.05, 0.1) is 10.7 Å². The highest BCUT2D eigenvalue weighted by molar-refractivity contribution is 8.00. The zero-order chi connectivity index (χ0) is 34.2. The van der Waals surface area contributed by atoms with Crippen molar-refractivity contribution in [3.8, 4) is 0 Å². The Morgan fingerprint density at radius 2 is 1.37 bits per heavy atom. The Hall–Kier alpha value is -5.34. The molecule has 0 heterocycles. The van der Waals surface area contributed by atoms with Crippen LogP contribution in [0.3, 0.4) is 0 Å². The number of rotatable bonds is 10. The molecule has 6 rings (SSSR count). The molecule has 0 saturated heterocycles. The lowest BCUT2D eigenvalue weighted by Crippen LogP contribution is -2.30. The molecule has 242 valence electrons. The molecule has 49 heavy (non-hydrogen) atoms. The molecule has 0 fully saturated rings. The number of thioether (sulfide) groups is 1. The van der Waals surface area contributed by atoms with Crippen molar-refractivity contribution >= 4 is 80.9 Å². The number of amides is 3. The molecule has 3 amide bonds. The molecule has 1 unspecified atom stereocenters. The summed E-state index contributed by atoms with van der Waals surface area (Å²) < 4.78 is 0. The van der Waals surface area contributed by atoms with Gasteiger partial charge < -0.3 is 16.0 Å². The van der Waals surface area contributed by atoms with Crippen molar-refractivity contribution in [2.24, 2.45) is 0 Å². The summed E-state index contributed by atoms with van der Waals surface area (Å²) in [6.07, 6.45) is 1.68. The van der Waals surface area contributed by atoms with Crippen LogP contribution < -0.4 is 16.0 Å². The quantitative estimate of drug-likeness (QED) is 0.0980. The van der Waals surface area contributed by atoms with Gasteiger partial charge in [-0.3, -0.25) is 14.4 Å². The summed E-state index contributed by atoms with van der Waals surface area (Å²) in [6, 6.07) is 43.8. The highest BCUT2D eigenvalue weighted by atomic mass is 35.5. The van der Waals surface area contributed by atoms with E-state index in [1.807, 2.05) is 84.9 Å². The van der Waals surface area contributed by atoms with Gasteiger partial charge in [0.1, 0.15) is 10.9 Å². The van der Waals surface area contributed by atoms with E-state index in [0.717, 1.165) is 26.8 Å². The van der Waals surface area contributed by atoms with E-state index in [1.54, 1.807) is 66.7 Å². The number of hydrogen-bond donors (Lipinski definition) is 3. The third-order valence-corrected chi connectivity index (χ3v) is 9.32. The van der Waals surface area contributed by atoms with Gasteiger partial charge in [0.15, 0.2) is 0 Å². The van der Waals surface area contributed by atoms with Crippen molar-refractivity contribution in [3.63, 3.8) is 0 Å². The molecule has 0 aliphatic carbocycles. The van der Waals surface area contributed by atoms with E-state index in [0.29, 0.717) is 27.0 Å². The van der Waals surface area contributed by atoms with Crippen LogP contribution in [0.5, 0.6) is 0 Å². The fourth-order valence-electron chi connectivity index (χ4n) is 5.15. The van der Waals surface area contributed by atoms with E-state index in [2.05, 4.69) is 16.0 Å². The Labute approximate surface area is 298 Å². The second-order valence-electron chi connectivity index (χ2n) is 11.0. The maximum atomic E-state index is 13.9. The SMILES string of the molecule is O=C(Nc1cccc(SC(C(=O)Nc2ccc(Cl)cc2Cl)c2ccccc2)c1)/C(=C\c1cccc2ccccc12)NC(=O)c1ccccc1. The Bertz CT molecular complexity index is 2170. The molecule has 9 heteroatoms. The predicted octanol–water partition coefficient (Wildman–Crippen LogP) is 10.0. The summed E-state index contributed by atoms with van der Waals surface area (Å²) in [5, 5.41) is 10.8. The van der Waals surface area contributed by atoms with Crippen LogP contribution in [0.25, 0.3) is 16.8 Å². The van der Waals surface area contributed by atoms with E-state index in [-0.39, 0.29) is 11.6 Å². The van der Waals surface area contributed by atoms with Crippen LogP contribution in [0, 0.1) is 0 Å². The van der Waals surface area contributed by atoms with Crippen LogP contribution in [0.15, 0.2) is 156 Å². The minimum Gasteiger partial charge on any atom is -0.323 e. The monoisotopic (exact) mass is 701 g/mol. The molecule has 0 aromatic heterocycles. The zero-order valence-corrected chi connectivity index (χ0v) is 28.2. The van der Waals surface area contributed by atoms with Crippen molar-refractivity contribution in [3.05, 3.63) is 178 Å². The smallest absolute Gasteiger partial charge is 0.272 e. The average Bonchev–Trinajstić information content (AvgIpc) is 3.12. The molecule has 1 atom stereocenters. The Morgan fingerprint density at radius 3 is 2.14 bits per heavy atom. The van der Waals surface area contributed by atoms with E-state index in [1.165, 1.54) is 11.8 Å². The third kappa shape index (κ3) is 8.58. The van der Waals surface area contributed by atoms with E-state index in [4.69, 9.17) is 23.2 Å². The first-order valence-electron chi connectivity index (χ1n) is 15.3. The van der Waals surface area contributed by atoms with Crippen molar-refractivity contribution in [1.29, 1.82) is 0 Å². The van der Waals surface area contributed by atoms with Crippen LogP contribution in [-0.4, -0.2) is 17.7 Å². The molecule has 0 aliphatic heterocycles. The summed E-state index contributed by atoms with van der Waals surface area (Å²) in [5.74, 6) is -1.20. The molecule has 6 nitrogen and oxygen atoms in total. The standard InChI is InChI=1S/C40H29Cl2N3O3S/c41-30-21-22-35(34(42)24-30)44-40(48)37(27-12-3-1-4-13-27)49-32-19-10-18-31(25-32)43-39(47)36(45-38(46)28-14-5-2-6-15-28)23-29-17-9-16-26-11-7-8-20-33(26)29/h1-25,37H,(H,43,47)(H,44,48)(H,45,46)/b36-23+. The van der Waals surface area contributed by atoms with Gasteiger partial charge in [-0.15, -0.1) is 11.8 Å². The Balaban J connectivity index is 1.27. The number of anilines is 2. The molecule has 0 bridgehead atoms. The second kappa shape index (κ2) is 15.7. The molecule has 0 aliphatic rings. The minimum atomic E-state index is -0.647. The minimum absolute atomic E-state index is 0.0737. The Kier molecular flexibility index (Phi) is 10.8. The van der Waals surface area contributed by atoms with E-state index < -0.39 is 17.1 Å². The summed E-state index contributed by atoms with van der Waals surface area (Å²) >= 11 is 13.7. The highest BCUT2D eigenvalue weighted by Gasteiger charge is 2.23. The maximum absolute atomic E-state index is 13.9. The van der Waals surface area contributed by atoms with Crippen LogP contribution in [0.4, 0.5) is 11.4 Å². The second-order valence-corrected chi connectivity index (χ2v) is 13.0. The van der Waals surface area contributed by atoms with Crippen molar-refractivity contribution in [2.75, 3.05) is 10.6 Å². The summed E-state index contributed by atoms with van der Waals surface area (Å²) in [7, 11) is 0. The molecule has 0 radical (unpaired) electrons. The number of benzene rings is 6. The molecule has 6 aromatic carbocycles. The first kappa shape index (κ1) is 33.6. The molecule has 0 saturated carbocycles. The van der Waals surface area contributed by atoms with Gasteiger partial charge in [-0.25, -0.2) is 0 Å². The van der Waals surface area contributed by atoms with Crippen LogP contribution in [0.2, 0.25) is 10.0 Å². The van der Waals surface area contributed by atoms with Crippen molar-refractivity contribution in [2.45, 2.75) is 10.1 Å². The predicted molar refractivity (Wildman–Crippen MR) is 201 cm³/mol. The van der Waals surface area contributed by atoms with Gasteiger partial charge in [-0.1, -0.05) is 120 Å². The number of nitrogens with one attached hydrogen (secondary N) is 3. The lowest BCUT2D eigenvalue weighted by atomic mass is 10.0. The van der Waals surface area contributed by atoms with Crippen LogP contribution >= 0.6 is 35.0 Å². The number of carbonyl (C=O) groups excluding carboxylic acids is 3. The van der Waals surface area contributed by atoms with Crippen molar-refractivity contribution < 1.29 is 14.4 Å². The van der Waals surface area contributed by atoms with Crippen LogP contribution in [0.1, 0.15) is 26.7 Å². The first-order valence-corrected chi connectivity index (χ1v) is 16.9. The zero-order valence-electron chi connectivity index (χ0n) is 25.9. The number of hydrogen-bond acceptors (Lipinski definition) is 4. The van der Waals surface area contributed by atoms with Gasteiger partial charge in [0.25, 0.3) is 11.8 Å². The van der Waals surface area contributed by atoms with Gasteiger partial charge in [0, 0.05) is 21.2 Å². The number of carbonyl (C=O) groups is 3. The van der Waals surface area contributed by atoms with Crippen LogP contribution in [-0.2, 0) is 9.59 Å².